The predicted octanol–water partition coefficient (Wildman–Crippen LogP) is 2.74. The van der Waals surface area contributed by atoms with Crippen LogP contribution in [0.5, 0.6) is 11.5 Å². The van der Waals surface area contributed by atoms with Crippen LogP contribution in [0.25, 0.3) is 5.65 Å². The van der Waals surface area contributed by atoms with E-state index in [1.54, 1.807) is 18.2 Å². The first-order valence-corrected chi connectivity index (χ1v) is 6.78. The van der Waals surface area contributed by atoms with Gasteiger partial charge in [0.2, 0.25) is 0 Å². The zero-order valence-electron chi connectivity index (χ0n) is 12.5. The summed E-state index contributed by atoms with van der Waals surface area (Å²) in [6, 6.07) is 7.81. The first kappa shape index (κ1) is 14.8. The molecule has 0 aliphatic carbocycles. The van der Waals surface area contributed by atoms with Crippen LogP contribution in [0.2, 0.25) is 0 Å². The molecule has 118 valence electrons. The molecule has 2 heterocycles. The normalized spacial score (nSPS) is 10.6. The fourth-order valence-corrected chi connectivity index (χ4v) is 2.18. The van der Waals surface area contributed by atoms with Gasteiger partial charge >= 0.3 is 0 Å². The molecular formula is C16H14FN3O3. The van der Waals surface area contributed by atoms with E-state index in [0.29, 0.717) is 22.8 Å². The second-order valence-electron chi connectivity index (χ2n) is 4.76. The SMILES string of the molecule is COc1ccc(NC(=O)c2cn3cc(F)ccc3n2)cc1OC. The summed E-state index contributed by atoms with van der Waals surface area (Å²) in [5, 5.41) is 2.72. The molecule has 0 bridgehead atoms. The maximum Gasteiger partial charge on any atom is 0.275 e. The number of nitrogens with zero attached hydrogens (tertiary/aromatic N) is 2. The van der Waals surface area contributed by atoms with Crippen molar-refractivity contribution in [3.63, 3.8) is 0 Å². The van der Waals surface area contributed by atoms with Crippen LogP contribution in [0, 0.1) is 5.82 Å². The maximum atomic E-state index is 13.2. The van der Waals surface area contributed by atoms with Gasteiger partial charge in [0.05, 0.1) is 14.2 Å². The number of aromatic nitrogens is 2. The number of hydrogen-bond acceptors (Lipinski definition) is 4. The summed E-state index contributed by atoms with van der Waals surface area (Å²) in [5.74, 6) is 0.263. The molecule has 2 aromatic heterocycles. The number of hydrogen-bond donors (Lipinski definition) is 1. The minimum absolute atomic E-state index is 0.186. The van der Waals surface area contributed by atoms with Crippen LogP contribution >= 0.6 is 0 Å². The molecule has 0 unspecified atom stereocenters. The number of rotatable bonds is 4. The summed E-state index contributed by atoms with van der Waals surface area (Å²) in [4.78, 5) is 16.4. The maximum absolute atomic E-state index is 13.2. The Morgan fingerprint density at radius 3 is 2.65 bits per heavy atom. The lowest BCUT2D eigenvalue weighted by Gasteiger charge is -2.09. The van der Waals surface area contributed by atoms with Crippen LogP contribution in [-0.4, -0.2) is 29.5 Å². The van der Waals surface area contributed by atoms with Gasteiger partial charge in [-0.05, 0) is 24.3 Å². The van der Waals surface area contributed by atoms with Crippen molar-refractivity contribution in [2.24, 2.45) is 0 Å². The number of carbonyl (C=O) groups is 1. The molecule has 3 rings (SSSR count). The van der Waals surface area contributed by atoms with Gasteiger partial charge in [-0.1, -0.05) is 0 Å². The van der Waals surface area contributed by atoms with E-state index in [2.05, 4.69) is 10.3 Å². The monoisotopic (exact) mass is 315 g/mol. The Labute approximate surface area is 131 Å². The second-order valence-corrected chi connectivity index (χ2v) is 4.76. The molecule has 0 spiro atoms. The van der Waals surface area contributed by atoms with Crippen molar-refractivity contribution in [1.29, 1.82) is 0 Å². The molecule has 1 N–H and O–H groups in total. The molecule has 7 heteroatoms. The molecular weight excluding hydrogens is 301 g/mol. The fourth-order valence-electron chi connectivity index (χ4n) is 2.18. The molecule has 3 aromatic rings. The summed E-state index contributed by atoms with van der Waals surface area (Å²) in [6.45, 7) is 0. The van der Waals surface area contributed by atoms with Gasteiger partial charge in [0, 0.05) is 24.1 Å². The highest BCUT2D eigenvalue weighted by atomic mass is 19.1. The topological polar surface area (TPSA) is 64.9 Å². The van der Waals surface area contributed by atoms with Crippen molar-refractivity contribution in [1.82, 2.24) is 9.38 Å². The molecule has 0 atom stereocenters. The smallest absolute Gasteiger partial charge is 0.275 e. The highest BCUT2D eigenvalue weighted by Gasteiger charge is 2.13. The van der Waals surface area contributed by atoms with E-state index >= 15 is 0 Å². The number of anilines is 1. The number of benzene rings is 1. The van der Waals surface area contributed by atoms with Crippen LogP contribution in [0.4, 0.5) is 10.1 Å². The Morgan fingerprint density at radius 1 is 1.13 bits per heavy atom. The summed E-state index contributed by atoms with van der Waals surface area (Å²) in [6.07, 6.45) is 2.73. The molecule has 0 saturated heterocycles. The van der Waals surface area contributed by atoms with E-state index < -0.39 is 11.7 Å². The van der Waals surface area contributed by atoms with E-state index in [1.165, 1.54) is 43.1 Å². The Bertz CT molecular complexity index is 876. The zero-order chi connectivity index (χ0) is 16.4. The van der Waals surface area contributed by atoms with Crippen molar-refractivity contribution in [3.05, 3.63) is 54.2 Å². The number of nitrogens with one attached hydrogen (secondary N) is 1. The van der Waals surface area contributed by atoms with Crippen LogP contribution in [0.15, 0.2) is 42.7 Å². The molecule has 0 saturated carbocycles. The third-order valence-electron chi connectivity index (χ3n) is 3.29. The zero-order valence-corrected chi connectivity index (χ0v) is 12.5. The fraction of sp³-hybridized carbons (Fsp3) is 0.125. The molecule has 23 heavy (non-hydrogen) atoms. The van der Waals surface area contributed by atoms with Crippen molar-refractivity contribution in [2.45, 2.75) is 0 Å². The number of amides is 1. The van der Waals surface area contributed by atoms with Gasteiger partial charge in [0.25, 0.3) is 5.91 Å². The lowest BCUT2D eigenvalue weighted by molar-refractivity contribution is 0.102. The minimum Gasteiger partial charge on any atom is -0.493 e. The number of fused-ring (bicyclic) bond motifs is 1. The minimum atomic E-state index is -0.402. The van der Waals surface area contributed by atoms with E-state index in [9.17, 15) is 9.18 Å². The van der Waals surface area contributed by atoms with Crippen LogP contribution < -0.4 is 14.8 Å². The molecule has 0 aliphatic heterocycles. The van der Waals surface area contributed by atoms with E-state index in [0.717, 1.165) is 0 Å². The highest BCUT2D eigenvalue weighted by molar-refractivity contribution is 6.03. The summed E-state index contributed by atoms with van der Waals surface area (Å²) >= 11 is 0. The number of ether oxygens (including phenoxy) is 2. The molecule has 1 amide bonds. The molecule has 6 nitrogen and oxygen atoms in total. The van der Waals surface area contributed by atoms with Gasteiger partial charge < -0.3 is 19.2 Å². The van der Waals surface area contributed by atoms with Crippen LogP contribution in [0.3, 0.4) is 0 Å². The molecule has 0 radical (unpaired) electrons. The number of methoxy groups -OCH3 is 2. The summed E-state index contributed by atoms with van der Waals surface area (Å²) < 4.78 is 25.0. The van der Waals surface area contributed by atoms with E-state index in [4.69, 9.17) is 9.47 Å². The second kappa shape index (κ2) is 5.96. The van der Waals surface area contributed by atoms with Crippen LogP contribution in [-0.2, 0) is 0 Å². The standard InChI is InChI=1S/C16H14FN3O3/c1-22-13-5-4-11(7-14(13)23-2)18-16(21)12-9-20-8-10(17)3-6-15(20)19-12/h3-9H,1-2H3,(H,18,21). The van der Waals surface area contributed by atoms with Crippen LogP contribution in [0.1, 0.15) is 10.5 Å². The lowest BCUT2D eigenvalue weighted by Crippen LogP contribution is -2.12. The quantitative estimate of drug-likeness (QED) is 0.804. The number of pyridine rings is 1. The number of halogens is 1. The predicted molar refractivity (Wildman–Crippen MR) is 82.6 cm³/mol. The van der Waals surface area contributed by atoms with Gasteiger partial charge in [-0.3, -0.25) is 4.79 Å². The summed E-state index contributed by atoms with van der Waals surface area (Å²) in [7, 11) is 3.05. The molecule has 0 aliphatic rings. The lowest BCUT2D eigenvalue weighted by atomic mass is 10.2. The summed E-state index contributed by atoms with van der Waals surface area (Å²) in [5.41, 5.74) is 1.21. The van der Waals surface area contributed by atoms with Crippen molar-refractivity contribution in [3.8, 4) is 11.5 Å². The van der Waals surface area contributed by atoms with E-state index in [-0.39, 0.29) is 5.69 Å². The highest BCUT2D eigenvalue weighted by Crippen LogP contribution is 2.29. The number of carbonyl (C=O) groups excluding carboxylic acids is 1. The van der Waals surface area contributed by atoms with Gasteiger partial charge in [-0.25, -0.2) is 9.37 Å². The third kappa shape index (κ3) is 2.94. The largest absolute Gasteiger partial charge is 0.493 e. The van der Waals surface area contributed by atoms with Gasteiger partial charge in [0.15, 0.2) is 11.5 Å². The van der Waals surface area contributed by atoms with Gasteiger partial charge in [-0.2, -0.15) is 0 Å². The van der Waals surface area contributed by atoms with E-state index in [1.807, 2.05) is 0 Å². The Hall–Kier alpha value is -3.09. The Morgan fingerprint density at radius 2 is 1.91 bits per heavy atom. The Balaban J connectivity index is 1.85. The van der Waals surface area contributed by atoms with Crippen molar-refractivity contribution in [2.75, 3.05) is 19.5 Å². The van der Waals surface area contributed by atoms with Crippen molar-refractivity contribution < 1.29 is 18.7 Å². The number of imidazole rings is 1. The Kier molecular flexibility index (Phi) is 3.84. The third-order valence-corrected chi connectivity index (χ3v) is 3.29. The van der Waals surface area contributed by atoms with Gasteiger partial charge in [-0.15, -0.1) is 0 Å². The van der Waals surface area contributed by atoms with Gasteiger partial charge in [0.1, 0.15) is 17.2 Å². The average molecular weight is 315 g/mol. The first-order valence-electron chi connectivity index (χ1n) is 6.78. The average Bonchev–Trinajstić information content (AvgIpc) is 2.97. The molecule has 1 aromatic carbocycles. The van der Waals surface area contributed by atoms with Crippen molar-refractivity contribution >= 4 is 17.2 Å². The molecule has 0 fully saturated rings. The first-order chi connectivity index (χ1) is 11.1.